The van der Waals surface area contributed by atoms with Gasteiger partial charge in [-0.25, -0.2) is 4.79 Å². The molecule has 0 saturated carbocycles. The van der Waals surface area contributed by atoms with Crippen molar-refractivity contribution in [2.24, 2.45) is 0 Å². The lowest BCUT2D eigenvalue weighted by Gasteiger charge is -2.25. The first-order chi connectivity index (χ1) is 14.0. The fourth-order valence-corrected chi connectivity index (χ4v) is 4.01. The SMILES string of the molecule is CC(=O)Cc1ccc2c(OC(C)=O)cc3c(c2c1)[C@H](CCl)CN3C(=O)OC(C)(C)C. The summed E-state index contributed by atoms with van der Waals surface area (Å²) in [4.78, 5) is 37.7. The number of Topliss-reactive ketones (excluding diaryl/α,β-unsaturated/α-hetero) is 1. The molecule has 0 N–H and O–H groups in total. The average molecular weight is 432 g/mol. The molecule has 30 heavy (non-hydrogen) atoms. The van der Waals surface area contributed by atoms with Crippen molar-refractivity contribution in [3.05, 3.63) is 35.4 Å². The third-order valence-corrected chi connectivity index (χ3v) is 5.16. The van der Waals surface area contributed by atoms with Gasteiger partial charge in [-0.3, -0.25) is 14.5 Å². The highest BCUT2D eigenvalue weighted by molar-refractivity contribution is 6.19. The van der Waals surface area contributed by atoms with Crippen LogP contribution >= 0.6 is 11.6 Å². The van der Waals surface area contributed by atoms with Crippen LogP contribution < -0.4 is 9.64 Å². The van der Waals surface area contributed by atoms with E-state index in [4.69, 9.17) is 21.1 Å². The van der Waals surface area contributed by atoms with Gasteiger partial charge in [0, 0.05) is 43.1 Å². The highest BCUT2D eigenvalue weighted by Gasteiger charge is 2.37. The molecular formula is C23H26ClNO5. The first kappa shape index (κ1) is 22.1. The average Bonchev–Trinajstić information content (AvgIpc) is 2.98. The van der Waals surface area contributed by atoms with Gasteiger partial charge in [0.05, 0.1) is 5.69 Å². The number of ether oxygens (including phenoxy) is 2. The minimum atomic E-state index is -0.652. The van der Waals surface area contributed by atoms with Crippen molar-refractivity contribution in [2.75, 3.05) is 17.3 Å². The number of ketones is 1. The highest BCUT2D eigenvalue weighted by Crippen LogP contribution is 2.46. The van der Waals surface area contributed by atoms with Crippen LogP contribution in [0.15, 0.2) is 24.3 Å². The number of hydrogen-bond acceptors (Lipinski definition) is 5. The minimum absolute atomic E-state index is 0.0476. The smallest absolute Gasteiger partial charge is 0.414 e. The summed E-state index contributed by atoms with van der Waals surface area (Å²) < 4.78 is 11.0. The normalized spacial score (nSPS) is 15.8. The van der Waals surface area contributed by atoms with Crippen LogP contribution in [0.5, 0.6) is 5.75 Å². The Hall–Kier alpha value is -2.60. The van der Waals surface area contributed by atoms with Crippen molar-refractivity contribution in [1.82, 2.24) is 0 Å². The fourth-order valence-electron chi connectivity index (χ4n) is 3.76. The number of halogens is 1. The van der Waals surface area contributed by atoms with E-state index < -0.39 is 17.7 Å². The standard InChI is InChI=1S/C23H26ClNO5/c1-13(26)8-15-6-7-17-18(9-15)21-16(11-24)12-25(22(28)30-23(3,4)5)19(21)10-20(17)29-14(2)27/h6-7,9-10,16H,8,11-12H2,1-5H3/t16-/m1/s1. The van der Waals surface area contributed by atoms with E-state index in [1.54, 1.807) is 26.8 Å². The highest BCUT2D eigenvalue weighted by atomic mass is 35.5. The molecule has 1 atom stereocenters. The number of alkyl halides is 1. The molecule has 160 valence electrons. The molecule has 0 fully saturated rings. The molecule has 0 radical (unpaired) electrons. The van der Waals surface area contributed by atoms with Crippen LogP contribution in [0.4, 0.5) is 10.5 Å². The molecule has 0 unspecified atom stereocenters. The van der Waals surface area contributed by atoms with Crippen LogP contribution in [-0.2, 0) is 20.7 Å². The second kappa shape index (κ2) is 8.26. The molecule has 1 amide bonds. The molecule has 3 rings (SSSR count). The Labute approximate surface area is 181 Å². The van der Waals surface area contributed by atoms with Gasteiger partial charge < -0.3 is 9.47 Å². The Kier molecular flexibility index (Phi) is 6.09. The second-order valence-electron chi connectivity index (χ2n) is 8.60. The van der Waals surface area contributed by atoms with Crippen molar-refractivity contribution in [2.45, 2.75) is 52.6 Å². The summed E-state index contributed by atoms with van der Waals surface area (Å²) >= 11 is 6.27. The molecule has 0 saturated heterocycles. The molecule has 0 aliphatic carbocycles. The molecule has 0 aromatic heterocycles. The van der Waals surface area contributed by atoms with Gasteiger partial charge >= 0.3 is 12.1 Å². The maximum absolute atomic E-state index is 12.9. The number of esters is 1. The molecule has 1 heterocycles. The zero-order valence-electron chi connectivity index (χ0n) is 17.9. The molecule has 0 bridgehead atoms. The minimum Gasteiger partial charge on any atom is -0.443 e. The van der Waals surface area contributed by atoms with Crippen LogP contribution in [0.25, 0.3) is 10.8 Å². The zero-order chi connectivity index (χ0) is 22.2. The molecule has 7 heteroatoms. The number of rotatable bonds is 4. The van der Waals surface area contributed by atoms with Gasteiger partial charge in [-0.15, -0.1) is 11.6 Å². The van der Waals surface area contributed by atoms with Gasteiger partial charge in [-0.1, -0.05) is 18.2 Å². The Morgan fingerprint density at radius 2 is 1.83 bits per heavy atom. The first-order valence-electron chi connectivity index (χ1n) is 9.84. The number of hydrogen-bond donors (Lipinski definition) is 0. The van der Waals surface area contributed by atoms with Gasteiger partial charge in [0.15, 0.2) is 0 Å². The summed E-state index contributed by atoms with van der Waals surface area (Å²) in [6.07, 6.45) is -0.187. The van der Waals surface area contributed by atoms with Crippen LogP contribution in [0.1, 0.15) is 51.7 Å². The van der Waals surface area contributed by atoms with Crippen LogP contribution in [0.3, 0.4) is 0 Å². The number of amides is 1. The van der Waals surface area contributed by atoms with Gasteiger partial charge in [-0.05, 0) is 44.2 Å². The van der Waals surface area contributed by atoms with E-state index in [-0.39, 0.29) is 11.7 Å². The summed E-state index contributed by atoms with van der Waals surface area (Å²) in [6.45, 7) is 8.65. The summed E-state index contributed by atoms with van der Waals surface area (Å²) in [5.41, 5.74) is 1.70. The summed E-state index contributed by atoms with van der Waals surface area (Å²) in [5.74, 6) is 0.141. The Balaban J connectivity index is 2.23. The summed E-state index contributed by atoms with van der Waals surface area (Å²) in [5, 5.41) is 1.55. The largest absolute Gasteiger partial charge is 0.443 e. The van der Waals surface area contributed by atoms with Gasteiger partial charge in [0.25, 0.3) is 0 Å². The van der Waals surface area contributed by atoms with Crippen LogP contribution in [0.2, 0.25) is 0 Å². The van der Waals surface area contributed by atoms with E-state index in [2.05, 4.69) is 0 Å². The lowest BCUT2D eigenvalue weighted by atomic mass is 9.93. The van der Waals surface area contributed by atoms with Crippen molar-refractivity contribution >= 4 is 45.9 Å². The monoisotopic (exact) mass is 431 g/mol. The van der Waals surface area contributed by atoms with E-state index in [1.165, 1.54) is 18.7 Å². The molecule has 6 nitrogen and oxygen atoms in total. The van der Waals surface area contributed by atoms with Crippen LogP contribution in [0, 0.1) is 0 Å². The van der Waals surface area contributed by atoms with Gasteiger partial charge in [0.1, 0.15) is 17.1 Å². The number of carbonyl (C=O) groups is 3. The summed E-state index contributed by atoms with van der Waals surface area (Å²) in [6, 6.07) is 7.30. The number of benzene rings is 2. The third-order valence-electron chi connectivity index (χ3n) is 4.79. The number of carbonyl (C=O) groups excluding carboxylic acids is 3. The predicted octanol–water partition coefficient (Wildman–Crippen LogP) is 4.97. The lowest BCUT2D eigenvalue weighted by molar-refractivity contribution is -0.131. The van der Waals surface area contributed by atoms with Crippen molar-refractivity contribution < 1.29 is 23.9 Å². The molecule has 1 aliphatic heterocycles. The van der Waals surface area contributed by atoms with E-state index >= 15 is 0 Å². The van der Waals surface area contributed by atoms with E-state index in [0.29, 0.717) is 30.3 Å². The molecular weight excluding hydrogens is 406 g/mol. The zero-order valence-corrected chi connectivity index (χ0v) is 18.6. The third kappa shape index (κ3) is 4.59. The molecule has 2 aromatic rings. The van der Waals surface area contributed by atoms with E-state index in [9.17, 15) is 14.4 Å². The van der Waals surface area contributed by atoms with Crippen molar-refractivity contribution in [3.8, 4) is 5.75 Å². The van der Waals surface area contributed by atoms with Gasteiger partial charge in [-0.2, -0.15) is 0 Å². The Morgan fingerprint density at radius 3 is 2.40 bits per heavy atom. The first-order valence-corrected chi connectivity index (χ1v) is 10.4. The number of fused-ring (bicyclic) bond motifs is 3. The summed E-state index contributed by atoms with van der Waals surface area (Å²) in [7, 11) is 0. The molecule has 0 spiro atoms. The predicted molar refractivity (Wildman–Crippen MR) is 117 cm³/mol. The second-order valence-corrected chi connectivity index (χ2v) is 8.91. The van der Waals surface area contributed by atoms with Crippen molar-refractivity contribution in [3.63, 3.8) is 0 Å². The number of nitrogens with zero attached hydrogens (tertiary/aromatic N) is 1. The molecule has 1 aliphatic rings. The van der Waals surface area contributed by atoms with E-state index in [1.807, 2.05) is 18.2 Å². The Morgan fingerprint density at radius 1 is 1.13 bits per heavy atom. The maximum Gasteiger partial charge on any atom is 0.414 e. The fraction of sp³-hybridized carbons (Fsp3) is 0.435. The maximum atomic E-state index is 12.9. The molecule has 2 aromatic carbocycles. The quantitative estimate of drug-likeness (QED) is 0.388. The Bertz CT molecular complexity index is 1020. The number of anilines is 1. The van der Waals surface area contributed by atoms with Crippen molar-refractivity contribution in [1.29, 1.82) is 0 Å². The van der Waals surface area contributed by atoms with Crippen LogP contribution in [-0.4, -0.2) is 35.9 Å². The topological polar surface area (TPSA) is 72.9 Å². The van der Waals surface area contributed by atoms with E-state index in [0.717, 1.165) is 21.9 Å². The van der Waals surface area contributed by atoms with Gasteiger partial charge in [0.2, 0.25) is 0 Å². The lowest BCUT2D eigenvalue weighted by Crippen LogP contribution is -2.36.